The Balaban J connectivity index is 1.38. The summed E-state index contributed by atoms with van der Waals surface area (Å²) in [7, 11) is 1.61. The number of anilines is 1. The number of H-pyrrole nitrogens is 1. The fourth-order valence-corrected chi connectivity index (χ4v) is 3.89. The average Bonchev–Trinajstić information content (AvgIpc) is 3.17. The highest BCUT2D eigenvalue weighted by Crippen LogP contribution is 2.23. The van der Waals surface area contributed by atoms with Gasteiger partial charge in [0.1, 0.15) is 5.75 Å². The van der Waals surface area contributed by atoms with E-state index in [4.69, 9.17) is 4.74 Å². The van der Waals surface area contributed by atoms with Gasteiger partial charge in [-0.25, -0.2) is 0 Å². The lowest BCUT2D eigenvalue weighted by Crippen LogP contribution is -2.44. The number of hydrogen-bond donors (Lipinski definition) is 2. The van der Waals surface area contributed by atoms with Crippen molar-refractivity contribution in [2.45, 2.75) is 19.3 Å². The molecule has 1 aliphatic rings. The molecule has 0 bridgehead atoms. The van der Waals surface area contributed by atoms with Crippen molar-refractivity contribution in [3.63, 3.8) is 0 Å². The quantitative estimate of drug-likeness (QED) is 0.698. The van der Waals surface area contributed by atoms with Crippen LogP contribution in [-0.4, -0.2) is 41.9 Å². The molecule has 0 spiro atoms. The molecule has 6 nitrogen and oxygen atoms in total. The van der Waals surface area contributed by atoms with Gasteiger partial charge in [-0.15, -0.1) is 0 Å². The zero-order chi connectivity index (χ0) is 20.2. The van der Waals surface area contributed by atoms with Gasteiger partial charge in [-0.1, -0.05) is 18.2 Å². The van der Waals surface area contributed by atoms with Gasteiger partial charge in [-0.3, -0.25) is 9.59 Å². The molecule has 150 valence electrons. The van der Waals surface area contributed by atoms with E-state index in [-0.39, 0.29) is 17.7 Å². The van der Waals surface area contributed by atoms with Crippen molar-refractivity contribution in [3.05, 3.63) is 60.3 Å². The summed E-state index contributed by atoms with van der Waals surface area (Å²) >= 11 is 0. The number of nitrogens with one attached hydrogen (secondary N) is 2. The highest BCUT2D eigenvalue weighted by atomic mass is 16.5. The Morgan fingerprint density at radius 2 is 1.97 bits per heavy atom. The maximum atomic E-state index is 12.9. The summed E-state index contributed by atoms with van der Waals surface area (Å²) in [6.45, 7) is 1.16. The molecule has 0 unspecified atom stereocenters. The lowest BCUT2D eigenvalue weighted by atomic mass is 9.96. The van der Waals surface area contributed by atoms with E-state index in [0.29, 0.717) is 19.5 Å². The molecule has 0 radical (unpaired) electrons. The molecule has 2 N–H and O–H groups in total. The van der Waals surface area contributed by atoms with Crippen molar-refractivity contribution in [2.24, 2.45) is 5.92 Å². The number of benzene rings is 2. The van der Waals surface area contributed by atoms with Gasteiger partial charge in [0.15, 0.2) is 0 Å². The number of carbonyl (C=O) groups is 2. The zero-order valence-electron chi connectivity index (χ0n) is 16.5. The molecule has 6 heteroatoms. The van der Waals surface area contributed by atoms with Gasteiger partial charge in [-0.2, -0.15) is 0 Å². The van der Waals surface area contributed by atoms with Crippen LogP contribution in [0.4, 0.5) is 5.69 Å². The van der Waals surface area contributed by atoms with Gasteiger partial charge in [-0.05, 0) is 48.7 Å². The minimum absolute atomic E-state index is 0.0419. The Hall–Kier alpha value is -3.28. The number of carbonyl (C=O) groups excluding carboxylic acids is 2. The number of rotatable bonds is 5. The second-order valence-electron chi connectivity index (χ2n) is 7.43. The van der Waals surface area contributed by atoms with Crippen LogP contribution in [0, 0.1) is 5.92 Å². The molecule has 2 amide bonds. The Bertz CT molecular complexity index is 1010. The lowest BCUT2D eigenvalue weighted by Gasteiger charge is -2.32. The summed E-state index contributed by atoms with van der Waals surface area (Å²) in [5.41, 5.74) is 2.76. The summed E-state index contributed by atoms with van der Waals surface area (Å²) in [4.78, 5) is 30.6. The van der Waals surface area contributed by atoms with E-state index < -0.39 is 0 Å². The third-order valence-corrected chi connectivity index (χ3v) is 5.52. The van der Waals surface area contributed by atoms with Gasteiger partial charge in [0.25, 0.3) is 0 Å². The number of ether oxygens (including phenoxy) is 1. The standard InChI is InChI=1S/C23H25N3O3/c1-29-19-10-8-18(9-11-19)25-23(28)16-5-4-12-26(15-16)22(27)13-17-14-24-21-7-3-2-6-20(17)21/h2-3,6-11,14,16,24H,4-5,12-13,15H2,1H3,(H,25,28)/t16-/m1/s1. The maximum absolute atomic E-state index is 12.9. The number of likely N-dealkylation sites (tertiary alicyclic amines) is 1. The van der Waals surface area contributed by atoms with Gasteiger partial charge in [0, 0.05) is 35.9 Å². The molecule has 1 aliphatic heterocycles. The van der Waals surface area contributed by atoms with Crippen LogP contribution in [-0.2, 0) is 16.0 Å². The molecule has 3 aromatic rings. The zero-order valence-corrected chi connectivity index (χ0v) is 16.5. The van der Waals surface area contributed by atoms with Crippen LogP contribution in [0.2, 0.25) is 0 Å². The largest absolute Gasteiger partial charge is 0.497 e. The molecule has 1 saturated heterocycles. The van der Waals surface area contributed by atoms with Crippen LogP contribution >= 0.6 is 0 Å². The Morgan fingerprint density at radius 1 is 1.17 bits per heavy atom. The van der Waals surface area contributed by atoms with Gasteiger partial charge in [0.2, 0.25) is 11.8 Å². The van der Waals surface area contributed by atoms with Crippen LogP contribution in [0.15, 0.2) is 54.7 Å². The van der Waals surface area contributed by atoms with Crippen molar-refractivity contribution >= 4 is 28.4 Å². The number of piperidine rings is 1. The first-order chi connectivity index (χ1) is 14.1. The number of aromatic amines is 1. The highest BCUT2D eigenvalue weighted by molar-refractivity contribution is 5.93. The van der Waals surface area contributed by atoms with Crippen molar-refractivity contribution < 1.29 is 14.3 Å². The monoisotopic (exact) mass is 391 g/mol. The molecule has 29 heavy (non-hydrogen) atoms. The number of hydrogen-bond acceptors (Lipinski definition) is 3. The Kier molecular flexibility index (Phi) is 5.51. The van der Waals surface area contributed by atoms with Gasteiger partial charge >= 0.3 is 0 Å². The number of nitrogens with zero attached hydrogens (tertiary/aromatic N) is 1. The molecular formula is C23H25N3O3. The van der Waals surface area contributed by atoms with Gasteiger partial charge in [0.05, 0.1) is 19.4 Å². The van der Waals surface area contributed by atoms with E-state index in [1.54, 1.807) is 7.11 Å². The summed E-state index contributed by atoms with van der Waals surface area (Å²) in [5.74, 6) is 0.573. The molecule has 1 atom stereocenters. The topological polar surface area (TPSA) is 74.4 Å². The van der Waals surface area contributed by atoms with E-state index in [9.17, 15) is 9.59 Å². The third-order valence-electron chi connectivity index (χ3n) is 5.52. The van der Waals surface area contributed by atoms with Crippen LogP contribution < -0.4 is 10.1 Å². The molecule has 1 aromatic heterocycles. The van der Waals surface area contributed by atoms with Crippen LogP contribution in [0.25, 0.3) is 10.9 Å². The second-order valence-corrected chi connectivity index (χ2v) is 7.43. The second kappa shape index (κ2) is 8.39. The predicted molar refractivity (Wildman–Crippen MR) is 113 cm³/mol. The first-order valence-electron chi connectivity index (χ1n) is 9.92. The smallest absolute Gasteiger partial charge is 0.229 e. The molecular weight excluding hydrogens is 366 g/mol. The van der Waals surface area contributed by atoms with Crippen molar-refractivity contribution in [1.29, 1.82) is 0 Å². The Labute approximate surface area is 169 Å². The van der Waals surface area contributed by atoms with Crippen LogP contribution in [0.1, 0.15) is 18.4 Å². The average molecular weight is 391 g/mol. The molecule has 4 rings (SSSR count). The number of amides is 2. The van der Waals surface area contributed by atoms with Crippen molar-refractivity contribution in [3.8, 4) is 5.75 Å². The molecule has 0 aliphatic carbocycles. The maximum Gasteiger partial charge on any atom is 0.229 e. The van der Waals surface area contributed by atoms with Crippen LogP contribution in [0.5, 0.6) is 5.75 Å². The minimum atomic E-state index is -0.197. The fourth-order valence-electron chi connectivity index (χ4n) is 3.89. The number of fused-ring (bicyclic) bond motifs is 1. The predicted octanol–water partition coefficient (Wildman–Crippen LogP) is 3.60. The van der Waals surface area contributed by atoms with E-state index in [1.807, 2.05) is 59.6 Å². The summed E-state index contributed by atoms with van der Waals surface area (Å²) < 4.78 is 5.14. The summed E-state index contributed by atoms with van der Waals surface area (Å²) in [5, 5.41) is 4.03. The molecule has 1 fully saturated rings. The summed E-state index contributed by atoms with van der Waals surface area (Å²) in [6, 6.07) is 15.2. The fraction of sp³-hybridized carbons (Fsp3) is 0.304. The minimum Gasteiger partial charge on any atom is -0.497 e. The van der Waals surface area contributed by atoms with Gasteiger partial charge < -0.3 is 19.9 Å². The highest BCUT2D eigenvalue weighted by Gasteiger charge is 2.28. The lowest BCUT2D eigenvalue weighted by molar-refractivity contribution is -0.133. The Morgan fingerprint density at radius 3 is 2.76 bits per heavy atom. The number of methoxy groups -OCH3 is 1. The van der Waals surface area contributed by atoms with Crippen molar-refractivity contribution in [2.75, 3.05) is 25.5 Å². The number of para-hydroxylation sites is 1. The van der Waals surface area contributed by atoms with E-state index in [0.717, 1.165) is 40.7 Å². The molecule has 2 heterocycles. The normalized spacial score (nSPS) is 16.6. The SMILES string of the molecule is COc1ccc(NC(=O)[C@@H]2CCCN(C(=O)Cc3c[nH]c4ccccc34)C2)cc1. The van der Waals surface area contributed by atoms with E-state index >= 15 is 0 Å². The number of aromatic nitrogens is 1. The van der Waals surface area contributed by atoms with Crippen LogP contribution in [0.3, 0.4) is 0 Å². The van der Waals surface area contributed by atoms with Crippen molar-refractivity contribution in [1.82, 2.24) is 9.88 Å². The summed E-state index contributed by atoms with van der Waals surface area (Å²) in [6.07, 6.45) is 3.87. The first kappa shape index (κ1) is 19.1. The van der Waals surface area contributed by atoms with E-state index in [2.05, 4.69) is 10.3 Å². The van der Waals surface area contributed by atoms with E-state index in [1.165, 1.54) is 0 Å². The molecule has 0 saturated carbocycles. The third kappa shape index (κ3) is 4.26. The first-order valence-corrected chi connectivity index (χ1v) is 9.92. The molecule has 2 aromatic carbocycles.